The summed E-state index contributed by atoms with van der Waals surface area (Å²) in [4.78, 5) is 21.0. The lowest BCUT2D eigenvalue weighted by Crippen LogP contribution is -1.96. The summed E-state index contributed by atoms with van der Waals surface area (Å²) >= 11 is 6.01. The Morgan fingerprint density at radius 2 is 1.95 bits per heavy atom. The van der Waals surface area contributed by atoms with E-state index in [9.17, 15) is 14.9 Å². The van der Waals surface area contributed by atoms with Gasteiger partial charge in [0.2, 0.25) is 0 Å². The van der Waals surface area contributed by atoms with Crippen molar-refractivity contribution in [2.24, 2.45) is 0 Å². The van der Waals surface area contributed by atoms with Gasteiger partial charge in [0.1, 0.15) is 0 Å². The molecular formula is C13H8ClNO4. The first-order valence-electron chi connectivity index (χ1n) is 5.26. The SMILES string of the molecule is O=C(O)c1ccc(-c2cccc([N+](=O)[O-])c2)c(Cl)c1. The number of benzene rings is 2. The Morgan fingerprint density at radius 3 is 2.53 bits per heavy atom. The van der Waals surface area contributed by atoms with E-state index in [1.165, 1.54) is 30.3 Å². The molecule has 0 saturated heterocycles. The zero-order valence-electron chi connectivity index (χ0n) is 9.54. The normalized spacial score (nSPS) is 10.2. The lowest BCUT2D eigenvalue weighted by molar-refractivity contribution is -0.384. The summed E-state index contributed by atoms with van der Waals surface area (Å²) in [7, 11) is 0. The fourth-order valence-electron chi connectivity index (χ4n) is 1.67. The molecule has 0 radical (unpaired) electrons. The Kier molecular flexibility index (Phi) is 3.48. The molecule has 2 aromatic rings. The largest absolute Gasteiger partial charge is 0.478 e. The molecule has 0 aromatic heterocycles. The van der Waals surface area contributed by atoms with Gasteiger partial charge in [-0.2, -0.15) is 0 Å². The van der Waals surface area contributed by atoms with Gasteiger partial charge in [0.25, 0.3) is 5.69 Å². The zero-order chi connectivity index (χ0) is 14.0. The number of aromatic carboxylic acids is 1. The van der Waals surface area contributed by atoms with Crippen molar-refractivity contribution in [2.75, 3.05) is 0 Å². The summed E-state index contributed by atoms with van der Waals surface area (Å²) in [5.74, 6) is -1.08. The quantitative estimate of drug-likeness (QED) is 0.686. The highest BCUT2D eigenvalue weighted by atomic mass is 35.5. The molecule has 0 unspecified atom stereocenters. The fraction of sp³-hybridized carbons (Fsp3) is 0. The molecule has 0 saturated carbocycles. The van der Waals surface area contributed by atoms with Gasteiger partial charge < -0.3 is 5.11 Å². The van der Waals surface area contributed by atoms with Gasteiger partial charge in [0, 0.05) is 22.7 Å². The first kappa shape index (κ1) is 13.0. The van der Waals surface area contributed by atoms with Crippen molar-refractivity contribution >= 4 is 23.3 Å². The van der Waals surface area contributed by atoms with Crippen molar-refractivity contribution in [3.8, 4) is 11.1 Å². The van der Waals surface area contributed by atoms with Crippen molar-refractivity contribution < 1.29 is 14.8 Å². The molecule has 5 nitrogen and oxygen atoms in total. The topological polar surface area (TPSA) is 80.4 Å². The van der Waals surface area contributed by atoms with E-state index in [2.05, 4.69) is 0 Å². The second kappa shape index (κ2) is 5.07. The highest BCUT2D eigenvalue weighted by molar-refractivity contribution is 6.33. The van der Waals surface area contributed by atoms with Crippen molar-refractivity contribution in [2.45, 2.75) is 0 Å². The molecular weight excluding hydrogens is 270 g/mol. The lowest BCUT2D eigenvalue weighted by atomic mass is 10.0. The maximum Gasteiger partial charge on any atom is 0.335 e. The highest BCUT2D eigenvalue weighted by Crippen LogP contribution is 2.30. The Morgan fingerprint density at radius 1 is 1.21 bits per heavy atom. The monoisotopic (exact) mass is 277 g/mol. The maximum atomic E-state index is 10.8. The number of carbonyl (C=O) groups is 1. The first-order chi connectivity index (χ1) is 8.99. The Balaban J connectivity index is 2.50. The third-order valence-corrected chi connectivity index (χ3v) is 2.90. The number of nitro benzene ring substituents is 1. The van der Waals surface area contributed by atoms with Crippen molar-refractivity contribution in [3.63, 3.8) is 0 Å². The number of nitro groups is 1. The Labute approximate surface area is 113 Å². The number of hydrogen-bond donors (Lipinski definition) is 1. The van der Waals surface area contributed by atoms with Crippen LogP contribution in [0.1, 0.15) is 10.4 Å². The van der Waals surface area contributed by atoms with Crippen LogP contribution in [0.5, 0.6) is 0 Å². The Hall–Kier alpha value is -2.40. The summed E-state index contributed by atoms with van der Waals surface area (Å²) in [6.07, 6.45) is 0. The minimum Gasteiger partial charge on any atom is -0.478 e. The van der Waals surface area contributed by atoms with Crippen molar-refractivity contribution in [3.05, 3.63) is 63.2 Å². The molecule has 96 valence electrons. The minimum atomic E-state index is -1.08. The number of nitrogens with zero attached hydrogens (tertiary/aromatic N) is 1. The third kappa shape index (κ3) is 2.71. The van der Waals surface area contributed by atoms with Crippen LogP contribution in [0.3, 0.4) is 0 Å². The van der Waals surface area contributed by atoms with Gasteiger partial charge in [0.05, 0.1) is 10.5 Å². The van der Waals surface area contributed by atoms with Crippen LogP contribution in [-0.4, -0.2) is 16.0 Å². The van der Waals surface area contributed by atoms with Crippen LogP contribution in [0.4, 0.5) is 5.69 Å². The van der Waals surface area contributed by atoms with Gasteiger partial charge in [-0.05, 0) is 17.7 Å². The van der Waals surface area contributed by atoms with Crippen molar-refractivity contribution in [1.29, 1.82) is 0 Å². The van der Waals surface area contributed by atoms with Crippen LogP contribution in [0.2, 0.25) is 5.02 Å². The average molecular weight is 278 g/mol. The van der Waals surface area contributed by atoms with E-state index >= 15 is 0 Å². The number of rotatable bonds is 3. The number of halogens is 1. The molecule has 0 amide bonds. The number of carboxylic acid groups (broad SMARTS) is 1. The average Bonchev–Trinajstić information content (AvgIpc) is 2.38. The van der Waals surface area contributed by atoms with Gasteiger partial charge in [-0.1, -0.05) is 29.8 Å². The molecule has 1 N–H and O–H groups in total. The van der Waals surface area contributed by atoms with E-state index in [0.29, 0.717) is 11.1 Å². The number of hydrogen-bond acceptors (Lipinski definition) is 3. The van der Waals surface area contributed by atoms with E-state index in [0.717, 1.165) is 0 Å². The number of non-ortho nitro benzene ring substituents is 1. The summed E-state index contributed by atoms with van der Waals surface area (Å²) in [6.45, 7) is 0. The molecule has 0 aliphatic heterocycles. The number of carboxylic acids is 1. The molecule has 0 spiro atoms. The first-order valence-corrected chi connectivity index (χ1v) is 5.64. The van der Waals surface area contributed by atoms with Crippen LogP contribution >= 0.6 is 11.6 Å². The standard InChI is InChI=1S/C13H8ClNO4/c14-12-7-9(13(16)17)4-5-11(12)8-2-1-3-10(6-8)15(18)19/h1-7H,(H,16,17). The van der Waals surface area contributed by atoms with Gasteiger partial charge in [-0.15, -0.1) is 0 Å². The highest BCUT2D eigenvalue weighted by Gasteiger charge is 2.11. The van der Waals surface area contributed by atoms with Gasteiger partial charge in [0.15, 0.2) is 0 Å². The van der Waals surface area contributed by atoms with E-state index in [1.54, 1.807) is 12.1 Å². The van der Waals surface area contributed by atoms with Crippen LogP contribution in [0.25, 0.3) is 11.1 Å². The summed E-state index contributed by atoms with van der Waals surface area (Å²) in [6, 6.07) is 10.2. The fourth-order valence-corrected chi connectivity index (χ4v) is 1.96. The predicted octanol–water partition coefficient (Wildman–Crippen LogP) is 3.61. The third-order valence-electron chi connectivity index (χ3n) is 2.58. The van der Waals surface area contributed by atoms with Gasteiger partial charge in [-0.3, -0.25) is 10.1 Å². The molecule has 6 heteroatoms. The van der Waals surface area contributed by atoms with E-state index < -0.39 is 10.9 Å². The smallest absolute Gasteiger partial charge is 0.335 e. The lowest BCUT2D eigenvalue weighted by Gasteiger charge is -2.05. The van der Waals surface area contributed by atoms with Gasteiger partial charge >= 0.3 is 5.97 Å². The summed E-state index contributed by atoms with van der Waals surface area (Å²) in [5, 5.41) is 19.8. The molecule has 19 heavy (non-hydrogen) atoms. The Bertz CT molecular complexity index is 669. The van der Waals surface area contributed by atoms with Crippen LogP contribution < -0.4 is 0 Å². The second-order valence-electron chi connectivity index (χ2n) is 3.81. The molecule has 2 aromatic carbocycles. The van der Waals surface area contributed by atoms with Crippen LogP contribution in [0, 0.1) is 10.1 Å². The van der Waals surface area contributed by atoms with E-state index in [-0.39, 0.29) is 16.3 Å². The molecule has 0 aliphatic carbocycles. The molecule has 0 aliphatic rings. The van der Waals surface area contributed by atoms with Gasteiger partial charge in [-0.25, -0.2) is 4.79 Å². The molecule has 0 heterocycles. The molecule has 0 fully saturated rings. The predicted molar refractivity (Wildman–Crippen MR) is 70.5 cm³/mol. The van der Waals surface area contributed by atoms with Crippen molar-refractivity contribution in [1.82, 2.24) is 0 Å². The molecule has 2 rings (SSSR count). The van der Waals surface area contributed by atoms with E-state index in [1.807, 2.05) is 0 Å². The molecule has 0 bridgehead atoms. The zero-order valence-corrected chi connectivity index (χ0v) is 10.3. The summed E-state index contributed by atoms with van der Waals surface area (Å²) in [5.41, 5.74) is 1.14. The van der Waals surface area contributed by atoms with E-state index in [4.69, 9.17) is 16.7 Å². The van der Waals surface area contributed by atoms with Crippen LogP contribution in [-0.2, 0) is 0 Å². The summed E-state index contributed by atoms with van der Waals surface area (Å²) < 4.78 is 0. The molecule has 0 atom stereocenters. The second-order valence-corrected chi connectivity index (χ2v) is 4.21. The maximum absolute atomic E-state index is 10.8. The minimum absolute atomic E-state index is 0.0455. The van der Waals surface area contributed by atoms with Crippen LogP contribution in [0.15, 0.2) is 42.5 Å².